The first-order valence-electron chi connectivity index (χ1n) is 5.98. The van der Waals surface area contributed by atoms with Crippen molar-refractivity contribution in [2.24, 2.45) is 5.73 Å². The summed E-state index contributed by atoms with van der Waals surface area (Å²) in [5.74, 6) is 0. The van der Waals surface area contributed by atoms with Crippen LogP contribution in [0.25, 0.3) is 11.4 Å². The van der Waals surface area contributed by atoms with Gasteiger partial charge >= 0.3 is 0 Å². The van der Waals surface area contributed by atoms with E-state index in [0.717, 1.165) is 12.1 Å². The first-order valence-corrected chi connectivity index (χ1v) is 5.98. The van der Waals surface area contributed by atoms with Crippen LogP contribution in [0.1, 0.15) is 18.9 Å². The Bertz CT molecular complexity index is 577. The van der Waals surface area contributed by atoms with Crippen LogP contribution in [0.3, 0.4) is 0 Å². The van der Waals surface area contributed by atoms with E-state index in [2.05, 4.69) is 10.1 Å². The van der Waals surface area contributed by atoms with Crippen molar-refractivity contribution in [2.75, 3.05) is 0 Å². The number of hydrogen-bond acceptors (Lipinski definition) is 4. The highest BCUT2D eigenvalue weighted by molar-refractivity contribution is 5.53. The Kier molecular flexibility index (Phi) is 3.84. The Labute approximate surface area is 105 Å². The summed E-state index contributed by atoms with van der Waals surface area (Å²) >= 11 is 0. The number of hydrogen-bond donors (Lipinski definition) is 1. The van der Waals surface area contributed by atoms with E-state index in [-0.39, 0.29) is 12.1 Å². The Hall–Kier alpha value is -2.01. The molecule has 0 unspecified atom stereocenters. The number of pyridine rings is 1. The molecule has 2 aromatic heterocycles. The normalized spacial score (nSPS) is 10.6. The maximum atomic E-state index is 12.0. The largest absolute Gasteiger partial charge is 0.326 e. The SMILES string of the molecule is CCCn1nc(-c2ccccn2)cc(CN)c1=O. The van der Waals surface area contributed by atoms with E-state index in [0.29, 0.717) is 17.8 Å². The average Bonchev–Trinajstić information content (AvgIpc) is 2.42. The molecule has 0 aliphatic heterocycles. The molecular weight excluding hydrogens is 228 g/mol. The fourth-order valence-corrected chi connectivity index (χ4v) is 1.75. The van der Waals surface area contributed by atoms with E-state index in [1.54, 1.807) is 12.3 Å². The maximum absolute atomic E-state index is 12.0. The van der Waals surface area contributed by atoms with Gasteiger partial charge in [0.05, 0.1) is 5.69 Å². The van der Waals surface area contributed by atoms with Crippen molar-refractivity contribution in [3.8, 4) is 11.4 Å². The minimum atomic E-state index is -0.112. The predicted molar refractivity (Wildman–Crippen MR) is 69.9 cm³/mol. The van der Waals surface area contributed by atoms with Gasteiger partial charge in [-0.25, -0.2) is 4.68 Å². The summed E-state index contributed by atoms with van der Waals surface area (Å²) in [6, 6.07) is 7.32. The van der Waals surface area contributed by atoms with Gasteiger partial charge in [0.15, 0.2) is 0 Å². The Balaban J connectivity index is 2.55. The van der Waals surface area contributed by atoms with Crippen LogP contribution in [0, 0.1) is 0 Å². The molecule has 0 radical (unpaired) electrons. The minimum absolute atomic E-state index is 0.112. The van der Waals surface area contributed by atoms with Gasteiger partial charge in [-0.2, -0.15) is 5.10 Å². The average molecular weight is 244 g/mol. The van der Waals surface area contributed by atoms with Crippen LogP contribution < -0.4 is 11.3 Å². The molecule has 0 atom stereocenters. The van der Waals surface area contributed by atoms with Gasteiger partial charge < -0.3 is 5.73 Å². The van der Waals surface area contributed by atoms with Gasteiger partial charge in [0, 0.05) is 24.8 Å². The molecule has 5 heteroatoms. The van der Waals surface area contributed by atoms with Gasteiger partial charge in [-0.1, -0.05) is 13.0 Å². The molecule has 0 bridgehead atoms. The number of nitrogens with two attached hydrogens (primary N) is 1. The zero-order valence-corrected chi connectivity index (χ0v) is 10.3. The fraction of sp³-hybridized carbons (Fsp3) is 0.308. The minimum Gasteiger partial charge on any atom is -0.326 e. The van der Waals surface area contributed by atoms with Crippen molar-refractivity contribution >= 4 is 0 Å². The predicted octanol–water partition coefficient (Wildman–Crippen LogP) is 1.17. The van der Waals surface area contributed by atoms with Gasteiger partial charge in [0.25, 0.3) is 5.56 Å². The third-order valence-electron chi connectivity index (χ3n) is 2.63. The standard InChI is InChI=1S/C13H16N4O/c1-2-7-17-13(18)10(9-14)8-12(16-17)11-5-3-4-6-15-11/h3-6,8H,2,7,9,14H2,1H3. The van der Waals surface area contributed by atoms with Crippen LogP contribution in [-0.2, 0) is 13.1 Å². The van der Waals surface area contributed by atoms with Crippen LogP contribution in [0.15, 0.2) is 35.3 Å². The second-order valence-corrected chi connectivity index (χ2v) is 4.00. The van der Waals surface area contributed by atoms with E-state index in [9.17, 15) is 4.79 Å². The molecule has 0 aliphatic rings. The molecule has 5 nitrogen and oxygen atoms in total. The monoisotopic (exact) mass is 244 g/mol. The molecule has 0 spiro atoms. The van der Waals surface area contributed by atoms with Crippen LogP contribution in [0.2, 0.25) is 0 Å². The van der Waals surface area contributed by atoms with Gasteiger partial charge in [-0.05, 0) is 24.6 Å². The lowest BCUT2D eigenvalue weighted by molar-refractivity contribution is 0.564. The molecule has 2 rings (SSSR count). The van der Waals surface area contributed by atoms with Crippen molar-refractivity contribution in [1.29, 1.82) is 0 Å². The lowest BCUT2D eigenvalue weighted by Crippen LogP contribution is -2.28. The number of rotatable bonds is 4. The van der Waals surface area contributed by atoms with Crippen LogP contribution in [-0.4, -0.2) is 14.8 Å². The molecule has 0 saturated carbocycles. The van der Waals surface area contributed by atoms with E-state index >= 15 is 0 Å². The van der Waals surface area contributed by atoms with E-state index in [4.69, 9.17) is 5.73 Å². The molecule has 2 aromatic rings. The molecule has 0 amide bonds. The summed E-state index contributed by atoms with van der Waals surface area (Å²) in [6.45, 7) is 2.81. The highest BCUT2D eigenvalue weighted by atomic mass is 16.1. The summed E-state index contributed by atoms with van der Waals surface area (Å²) in [5, 5.41) is 4.33. The van der Waals surface area contributed by atoms with Crippen molar-refractivity contribution in [3.63, 3.8) is 0 Å². The highest BCUT2D eigenvalue weighted by Crippen LogP contribution is 2.12. The molecule has 94 valence electrons. The zero-order chi connectivity index (χ0) is 13.0. The molecule has 18 heavy (non-hydrogen) atoms. The van der Waals surface area contributed by atoms with Gasteiger partial charge in [-0.15, -0.1) is 0 Å². The van der Waals surface area contributed by atoms with Gasteiger partial charge in [-0.3, -0.25) is 9.78 Å². The Morgan fingerprint density at radius 2 is 2.17 bits per heavy atom. The summed E-state index contributed by atoms with van der Waals surface area (Å²) in [5.41, 5.74) is 7.49. The molecule has 0 aromatic carbocycles. The topological polar surface area (TPSA) is 73.8 Å². The lowest BCUT2D eigenvalue weighted by atomic mass is 10.2. The van der Waals surface area contributed by atoms with Crippen LogP contribution in [0.5, 0.6) is 0 Å². The van der Waals surface area contributed by atoms with Crippen molar-refractivity contribution in [2.45, 2.75) is 26.4 Å². The quantitative estimate of drug-likeness (QED) is 0.876. The Morgan fingerprint density at radius 1 is 1.33 bits per heavy atom. The lowest BCUT2D eigenvalue weighted by Gasteiger charge is -2.08. The number of aromatic nitrogens is 3. The number of nitrogens with zero attached hydrogens (tertiary/aromatic N) is 3. The van der Waals surface area contributed by atoms with Gasteiger partial charge in [0.2, 0.25) is 0 Å². The zero-order valence-electron chi connectivity index (χ0n) is 10.3. The molecule has 0 fully saturated rings. The van der Waals surface area contributed by atoms with Crippen LogP contribution >= 0.6 is 0 Å². The molecule has 2 N–H and O–H groups in total. The van der Waals surface area contributed by atoms with E-state index in [1.807, 2.05) is 25.1 Å². The maximum Gasteiger partial charge on any atom is 0.271 e. The summed E-state index contributed by atoms with van der Waals surface area (Å²) in [4.78, 5) is 16.2. The van der Waals surface area contributed by atoms with E-state index < -0.39 is 0 Å². The third-order valence-corrected chi connectivity index (χ3v) is 2.63. The summed E-state index contributed by atoms with van der Waals surface area (Å²) in [7, 11) is 0. The fourth-order valence-electron chi connectivity index (χ4n) is 1.75. The first kappa shape index (κ1) is 12.4. The highest BCUT2D eigenvalue weighted by Gasteiger charge is 2.08. The smallest absolute Gasteiger partial charge is 0.271 e. The van der Waals surface area contributed by atoms with Crippen molar-refractivity contribution < 1.29 is 0 Å². The molecule has 2 heterocycles. The van der Waals surface area contributed by atoms with Crippen LogP contribution in [0.4, 0.5) is 0 Å². The van der Waals surface area contributed by atoms with Crippen molar-refractivity contribution in [1.82, 2.24) is 14.8 Å². The first-order chi connectivity index (χ1) is 8.76. The summed E-state index contributed by atoms with van der Waals surface area (Å²) < 4.78 is 1.46. The Morgan fingerprint density at radius 3 is 2.78 bits per heavy atom. The summed E-state index contributed by atoms with van der Waals surface area (Å²) in [6.07, 6.45) is 2.55. The third kappa shape index (κ3) is 2.46. The second kappa shape index (κ2) is 5.55. The second-order valence-electron chi connectivity index (χ2n) is 4.00. The molecular formula is C13H16N4O. The van der Waals surface area contributed by atoms with Gasteiger partial charge in [0.1, 0.15) is 5.69 Å². The number of aryl methyl sites for hydroxylation is 1. The molecule has 0 aliphatic carbocycles. The molecule has 0 saturated heterocycles. The van der Waals surface area contributed by atoms with E-state index in [1.165, 1.54) is 4.68 Å². The van der Waals surface area contributed by atoms with Crippen molar-refractivity contribution in [3.05, 3.63) is 46.4 Å².